The minimum absolute atomic E-state index is 0.132. The Hall–Kier alpha value is -2.02. The van der Waals surface area contributed by atoms with Crippen LogP contribution in [0, 0.1) is 17.0 Å². The van der Waals surface area contributed by atoms with Gasteiger partial charge in [-0.25, -0.2) is 13.6 Å². The smallest absolute Gasteiger partial charge is 0.338 e. The fraction of sp³-hybridized carbons (Fsp3) is 0.385. The molecule has 4 N–H and O–H groups in total. The normalized spacial score (nSPS) is 16.4. The zero-order chi connectivity index (χ0) is 14.9. The number of benzene rings is 1. The van der Waals surface area contributed by atoms with E-state index in [1.54, 1.807) is 0 Å². The average molecular weight is 284 g/mol. The fourth-order valence-electron chi connectivity index (χ4n) is 2.19. The summed E-state index contributed by atoms with van der Waals surface area (Å²) >= 11 is 0. The first kappa shape index (κ1) is 14.4. The summed E-state index contributed by atoms with van der Waals surface area (Å²) in [5.74, 6) is -4.21. The predicted molar refractivity (Wildman–Crippen MR) is 67.3 cm³/mol. The van der Waals surface area contributed by atoms with Crippen LogP contribution in [0.2, 0.25) is 0 Å². The number of carboxylic acids is 1. The van der Waals surface area contributed by atoms with Gasteiger partial charge < -0.3 is 16.2 Å². The molecule has 0 radical (unpaired) electrons. The highest BCUT2D eigenvalue weighted by atomic mass is 19.1. The molecular weight excluding hydrogens is 270 g/mol. The number of carbonyl (C=O) groups excluding carboxylic acids is 1. The summed E-state index contributed by atoms with van der Waals surface area (Å²) in [7, 11) is 0. The molecule has 108 valence electrons. The Morgan fingerprint density at radius 1 is 1.30 bits per heavy atom. The first-order valence-corrected chi connectivity index (χ1v) is 6.13. The largest absolute Gasteiger partial charge is 0.478 e. The lowest BCUT2D eigenvalue weighted by atomic mass is 9.68. The molecule has 1 fully saturated rings. The number of nitrogens with two attached hydrogens (primary N) is 1. The molecule has 1 aliphatic carbocycles. The van der Waals surface area contributed by atoms with Crippen molar-refractivity contribution in [2.24, 2.45) is 11.1 Å². The lowest BCUT2D eigenvalue weighted by Crippen LogP contribution is -2.47. The molecule has 2 rings (SSSR count). The van der Waals surface area contributed by atoms with Gasteiger partial charge in [-0.05, 0) is 18.9 Å². The highest BCUT2D eigenvalue weighted by Crippen LogP contribution is 2.41. The van der Waals surface area contributed by atoms with Crippen LogP contribution in [0.5, 0.6) is 0 Å². The molecule has 0 saturated heterocycles. The van der Waals surface area contributed by atoms with E-state index in [0.29, 0.717) is 18.9 Å². The SMILES string of the molecule is NCC1(C(=O)Nc2cc(C(=O)O)c(F)cc2F)CCC1. The molecule has 0 aromatic heterocycles. The van der Waals surface area contributed by atoms with Gasteiger partial charge >= 0.3 is 5.97 Å². The summed E-state index contributed by atoms with van der Waals surface area (Å²) < 4.78 is 26.8. The fourth-order valence-corrected chi connectivity index (χ4v) is 2.19. The standard InChI is InChI=1S/C13H14F2N2O3/c14-8-5-9(15)10(4-7(8)11(18)19)17-12(20)13(6-16)2-1-3-13/h4-5H,1-3,6,16H2,(H,17,20)(H,18,19). The third-order valence-corrected chi connectivity index (χ3v) is 3.72. The van der Waals surface area contributed by atoms with Crippen molar-refractivity contribution < 1.29 is 23.5 Å². The number of rotatable bonds is 4. The van der Waals surface area contributed by atoms with Crippen molar-refractivity contribution in [3.05, 3.63) is 29.3 Å². The minimum atomic E-state index is -1.53. The summed E-state index contributed by atoms with van der Waals surface area (Å²) in [6.45, 7) is 0.132. The van der Waals surface area contributed by atoms with Crippen molar-refractivity contribution in [2.75, 3.05) is 11.9 Å². The Kier molecular flexibility index (Phi) is 3.71. The van der Waals surface area contributed by atoms with Gasteiger partial charge in [-0.2, -0.15) is 0 Å². The zero-order valence-corrected chi connectivity index (χ0v) is 10.6. The monoisotopic (exact) mass is 284 g/mol. The van der Waals surface area contributed by atoms with E-state index in [0.717, 1.165) is 12.5 Å². The number of anilines is 1. The molecule has 7 heteroatoms. The number of halogens is 2. The average Bonchev–Trinajstić information content (AvgIpc) is 2.31. The highest BCUT2D eigenvalue weighted by molar-refractivity contribution is 5.97. The van der Waals surface area contributed by atoms with Crippen LogP contribution in [0.25, 0.3) is 0 Å². The Balaban J connectivity index is 2.27. The zero-order valence-electron chi connectivity index (χ0n) is 10.6. The lowest BCUT2D eigenvalue weighted by molar-refractivity contribution is -0.129. The van der Waals surface area contributed by atoms with Crippen molar-refractivity contribution in [1.82, 2.24) is 0 Å². The van der Waals surface area contributed by atoms with E-state index in [4.69, 9.17) is 10.8 Å². The van der Waals surface area contributed by atoms with Gasteiger partial charge in [0.15, 0.2) is 0 Å². The van der Waals surface area contributed by atoms with Crippen molar-refractivity contribution in [2.45, 2.75) is 19.3 Å². The van der Waals surface area contributed by atoms with E-state index in [2.05, 4.69) is 5.32 Å². The van der Waals surface area contributed by atoms with Gasteiger partial charge in [-0.1, -0.05) is 6.42 Å². The number of carbonyl (C=O) groups is 2. The minimum Gasteiger partial charge on any atom is -0.478 e. The van der Waals surface area contributed by atoms with Crippen LogP contribution < -0.4 is 11.1 Å². The van der Waals surface area contributed by atoms with E-state index in [1.165, 1.54) is 0 Å². The van der Waals surface area contributed by atoms with E-state index in [-0.39, 0.29) is 12.2 Å². The van der Waals surface area contributed by atoms with Gasteiger partial charge in [-0.15, -0.1) is 0 Å². The van der Waals surface area contributed by atoms with Crippen LogP contribution in [0.4, 0.5) is 14.5 Å². The quantitative estimate of drug-likeness (QED) is 0.785. The van der Waals surface area contributed by atoms with Crippen LogP contribution in [0.1, 0.15) is 29.6 Å². The second kappa shape index (κ2) is 5.16. The maximum atomic E-state index is 13.6. The van der Waals surface area contributed by atoms with Crippen LogP contribution in [-0.4, -0.2) is 23.5 Å². The molecule has 20 heavy (non-hydrogen) atoms. The van der Waals surface area contributed by atoms with Gasteiger partial charge in [0, 0.05) is 12.6 Å². The molecular formula is C13H14F2N2O3. The Bertz CT molecular complexity index is 565. The summed E-state index contributed by atoms with van der Waals surface area (Å²) in [6, 6.07) is 1.21. The molecule has 0 aliphatic heterocycles. The Morgan fingerprint density at radius 3 is 2.40 bits per heavy atom. The summed E-state index contributed by atoms with van der Waals surface area (Å²) in [6.07, 6.45) is 2.06. The van der Waals surface area contributed by atoms with Crippen molar-refractivity contribution >= 4 is 17.6 Å². The molecule has 1 saturated carbocycles. The first-order valence-electron chi connectivity index (χ1n) is 6.13. The van der Waals surface area contributed by atoms with Crippen LogP contribution >= 0.6 is 0 Å². The number of hydrogen-bond acceptors (Lipinski definition) is 3. The van der Waals surface area contributed by atoms with Crippen LogP contribution in [-0.2, 0) is 4.79 Å². The topological polar surface area (TPSA) is 92.4 Å². The molecule has 1 aliphatic rings. The van der Waals surface area contributed by atoms with E-state index >= 15 is 0 Å². The number of nitrogens with one attached hydrogen (secondary N) is 1. The first-order chi connectivity index (χ1) is 9.39. The molecule has 0 atom stereocenters. The molecule has 0 unspecified atom stereocenters. The molecule has 0 spiro atoms. The van der Waals surface area contributed by atoms with Gasteiger partial charge in [0.05, 0.1) is 16.7 Å². The second-order valence-electron chi connectivity index (χ2n) is 4.91. The van der Waals surface area contributed by atoms with Crippen molar-refractivity contribution in [3.8, 4) is 0 Å². The van der Waals surface area contributed by atoms with Crippen LogP contribution in [0.15, 0.2) is 12.1 Å². The lowest BCUT2D eigenvalue weighted by Gasteiger charge is -2.39. The molecule has 1 aromatic rings. The number of hydrogen-bond donors (Lipinski definition) is 3. The Morgan fingerprint density at radius 2 is 1.95 bits per heavy atom. The predicted octanol–water partition coefficient (Wildman–Crippen LogP) is 1.73. The molecule has 1 amide bonds. The second-order valence-corrected chi connectivity index (χ2v) is 4.91. The van der Waals surface area contributed by atoms with Gasteiger partial charge in [0.2, 0.25) is 5.91 Å². The molecule has 5 nitrogen and oxygen atoms in total. The van der Waals surface area contributed by atoms with Gasteiger partial charge in [0.25, 0.3) is 0 Å². The van der Waals surface area contributed by atoms with E-state index in [1.807, 2.05) is 0 Å². The maximum Gasteiger partial charge on any atom is 0.338 e. The summed E-state index contributed by atoms with van der Waals surface area (Å²) in [4.78, 5) is 22.9. The highest BCUT2D eigenvalue weighted by Gasteiger charge is 2.43. The summed E-state index contributed by atoms with van der Waals surface area (Å²) in [5.41, 5.74) is 3.77. The van der Waals surface area contributed by atoms with Crippen molar-refractivity contribution in [3.63, 3.8) is 0 Å². The molecule has 1 aromatic carbocycles. The Labute approximate surface area is 113 Å². The summed E-state index contributed by atoms with van der Waals surface area (Å²) in [5, 5.41) is 11.1. The third kappa shape index (κ3) is 2.36. The number of carboxylic acid groups (broad SMARTS) is 1. The number of aromatic carboxylic acids is 1. The third-order valence-electron chi connectivity index (χ3n) is 3.72. The van der Waals surface area contributed by atoms with Gasteiger partial charge in [0.1, 0.15) is 11.6 Å². The van der Waals surface area contributed by atoms with E-state index < -0.39 is 34.5 Å². The number of amides is 1. The van der Waals surface area contributed by atoms with Crippen LogP contribution in [0.3, 0.4) is 0 Å². The maximum absolute atomic E-state index is 13.6. The molecule has 0 bridgehead atoms. The van der Waals surface area contributed by atoms with Crippen molar-refractivity contribution in [1.29, 1.82) is 0 Å². The molecule has 0 heterocycles. The van der Waals surface area contributed by atoms with E-state index in [9.17, 15) is 18.4 Å². The van der Waals surface area contributed by atoms with Gasteiger partial charge in [-0.3, -0.25) is 4.79 Å².